The lowest BCUT2D eigenvalue weighted by Gasteiger charge is -2.16. The summed E-state index contributed by atoms with van der Waals surface area (Å²) in [6, 6.07) is 6.61. The molecule has 0 saturated heterocycles. The fourth-order valence-electron chi connectivity index (χ4n) is 1.90. The summed E-state index contributed by atoms with van der Waals surface area (Å²) in [5.74, 6) is 1.27. The number of benzene rings is 1. The molecule has 2 heteroatoms. The van der Waals surface area contributed by atoms with Crippen molar-refractivity contribution >= 4 is 23.0 Å². The van der Waals surface area contributed by atoms with E-state index >= 15 is 0 Å². The molecule has 0 unspecified atom stereocenters. The Bertz CT molecular complexity index is 382. The summed E-state index contributed by atoms with van der Waals surface area (Å²) in [4.78, 5) is 0. The largest absolute Gasteiger partial charge is 0.388 e. The van der Waals surface area contributed by atoms with Crippen molar-refractivity contribution in [2.45, 2.75) is 19.8 Å². The fourth-order valence-corrected chi connectivity index (χ4v) is 2.78. The molecule has 1 aliphatic heterocycles. The molecule has 0 radical (unpaired) electrons. The van der Waals surface area contributed by atoms with Gasteiger partial charge < -0.3 is 5.32 Å². The van der Waals surface area contributed by atoms with Crippen molar-refractivity contribution in [3.63, 3.8) is 0 Å². The van der Waals surface area contributed by atoms with E-state index in [-0.39, 0.29) is 0 Å². The van der Waals surface area contributed by atoms with Crippen LogP contribution in [0.15, 0.2) is 23.6 Å². The second-order valence-corrected chi connectivity index (χ2v) is 4.89. The number of aryl methyl sites for hydroxylation is 1. The zero-order valence-corrected chi connectivity index (χ0v) is 10.2. The Hall–Kier alpha value is -0.890. The zero-order valence-electron chi connectivity index (χ0n) is 9.34. The SMILES string of the molecule is CNc1ccc(C)cc1C1=CSCCC1. The molecular weight excluding hydrogens is 202 g/mol. The molecule has 0 bridgehead atoms. The summed E-state index contributed by atoms with van der Waals surface area (Å²) in [6.45, 7) is 2.15. The molecule has 0 aliphatic carbocycles. The lowest BCUT2D eigenvalue weighted by molar-refractivity contribution is 0.981. The predicted octanol–water partition coefficient (Wildman–Crippen LogP) is 3.90. The first-order chi connectivity index (χ1) is 7.31. The first-order valence-corrected chi connectivity index (χ1v) is 6.45. The third-order valence-electron chi connectivity index (χ3n) is 2.72. The quantitative estimate of drug-likeness (QED) is 0.809. The fraction of sp³-hybridized carbons (Fsp3) is 0.385. The molecule has 0 aromatic heterocycles. The maximum absolute atomic E-state index is 3.27. The van der Waals surface area contributed by atoms with E-state index in [0.29, 0.717) is 0 Å². The summed E-state index contributed by atoms with van der Waals surface area (Å²) in [6.07, 6.45) is 2.51. The third-order valence-corrected chi connectivity index (χ3v) is 3.70. The average molecular weight is 219 g/mol. The van der Waals surface area contributed by atoms with E-state index in [9.17, 15) is 0 Å². The monoisotopic (exact) mass is 219 g/mol. The number of anilines is 1. The van der Waals surface area contributed by atoms with Crippen molar-refractivity contribution in [2.24, 2.45) is 0 Å². The van der Waals surface area contributed by atoms with Gasteiger partial charge in [0, 0.05) is 18.3 Å². The maximum atomic E-state index is 3.27. The number of hydrogen-bond donors (Lipinski definition) is 1. The number of nitrogens with one attached hydrogen (secondary N) is 1. The Labute approximate surface area is 96.0 Å². The highest BCUT2D eigenvalue weighted by atomic mass is 32.2. The van der Waals surface area contributed by atoms with E-state index in [1.165, 1.54) is 41.0 Å². The van der Waals surface area contributed by atoms with Gasteiger partial charge in [0.15, 0.2) is 0 Å². The van der Waals surface area contributed by atoms with Crippen molar-refractivity contribution in [3.8, 4) is 0 Å². The predicted molar refractivity (Wildman–Crippen MR) is 70.4 cm³/mol. The molecule has 15 heavy (non-hydrogen) atoms. The van der Waals surface area contributed by atoms with Gasteiger partial charge in [-0.1, -0.05) is 11.6 Å². The van der Waals surface area contributed by atoms with Crippen LogP contribution in [0.25, 0.3) is 5.57 Å². The van der Waals surface area contributed by atoms with Gasteiger partial charge in [0.2, 0.25) is 0 Å². The Morgan fingerprint density at radius 3 is 2.87 bits per heavy atom. The summed E-state index contributed by atoms with van der Waals surface area (Å²) in [7, 11) is 1.99. The van der Waals surface area contributed by atoms with Crippen LogP contribution in [0.3, 0.4) is 0 Å². The summed E-state index contributed by atoms with van der Waals surface area (Å²) in [5.41, 5.74) is 5.44. The van der Waals surface area contributed by atoms with Gasteiger partial charge in [0.05, 0.1) is 0 Å². The van der Waals surface area contributed by atoms with Crippen LogP contribution in [0.2, 0.25) is 0 Å². The molecule has 0 spiro atoms. The molecule has 1 nitrogen and oxygen atoms in total. The van der Waals surface area contributed by atoms with Crippen LogP contribution in [-0.4, -0.2) is 12.8 Å². The summed E-state index contributed by atoms with van der Waals surface area (Å²) < 4.78 is 0. The van der Waals surface area contributed by atoms with Crippen molar-refractivity contribution in [2.75, 3.05) is 18.1 Å². The van der Waals surface area contributed by atoms with Crippen molar-refractivity contribution in [3.05, 3.63) is 34.7 Å². The summed E-state index contributed by atoms with van der Waals surface area (Å²) in [5, 5.41) is 5.59. The molecule has 2 rings (SSSR count). The lowest BCUT2D eigenvalue weighted by atomic mass is 9.99. The van der Waals surface area contributed by atoms with Crippen LogP contribution >= 0.6 is 11.8 Å². The second kappa shape index (κ2) is 4.75. The minimum Gasteiger partial charge on any atom is -0.388 e. The first kappa shape index (κ1) is 10.6. The average Bonchev–Trinajstić information content (AvgIpc) is 2.30. The van der Waals surface area contributed by atoms with Gasteiger partial charge >= 0.3 is 0 Å². The topological polar surface area (TPSA) is 12.0 Å². The van der Waals surface area contributed by atoms with Crippen LogP contribution in [0.4, 0.5) is 5.69 Å². The van der Waals surface area contributed by atoms with E-state index < -0.39 is 0 Å². The van der Waals surface area contributed by atoms with Crippen molar-refractivity contribution in [1.82, 2.24) is 0 Å². The molecule has 1 N–H and O–H groups in total. The molecule has 0 amide bonds. The minimum absolute atomic E-state index is 1.21. The normalized spacial score (nSPS) is 16.0. The van der Waals surface area contributed by atoms with Crippen LogP contribution in [0.5, 0.6) is 0 Å². The zero-order chi connectivity index (χ0) is 10.7. The van der Waals surface area contributed by atoms with Gasteiger partial charge in [0.1, 0.15) is 0 Å². The van der Waals surface area contributed by atoms with E-state index in [1.807, 2.05) is 18.8 Å². The van der Waals surface area contributed by atoms with Gasteiger partial charge in [-0.15, -0.1) is 11.8 Å². The van der Waals surface area contributed by atoms with E-state index in [1.54, 1.807) is 0 Å². The number of allylic oxidation sites excluding steroid dienone is 1. The maximum Gasteiger partial charge on any atom is 0.0414 e. The molecule has 80 valence electrons. The molecule has 0 atom stereocenters. The van der Waals surface area contributed by atoms with Gasteiger partial charge in [-0.2, -0.15) is 0 Å². The molecule has 1 aromatic rings. The highest BCUT2D eigenvalue weighted by Crippen LogP contribution is 2.33. The van der Waals surface area contributed by atoms with E-state index in [4.69, 9.17) is 0 Å². The van der Waals surface area contributed by atoms with Gasteiger partial charge in [0.25, 0.3) is 0 Å². The molecule has 1 aromatic carbocycles. The minimum atomic E-state index is 1.21. The van der Waals surface area contributed by atoms with E-state index in [2.05, 4.69) is 35.8 Å². The second-order valence-electron chi connectivity index (χ2n) is 3.92. The Morgan fingerprint density at radius 2 is 2.20 bits per heavy atom. The lowest BCUT2D eigenvalue weighted by Crippen LogP contribution is -1.98. The third kappa shape index (κ3) is 2.37. The standard InChI is InChI=1S/C13H17NS/c1-10-5-6-13(14-2)12(8-10)11-4-3-7-15-9-11/h5-6,8-9,14H,3-4,7H2,1-2H3. The Kier molecular flexibility index (Phi) is 3.37. The summed E-state index contributed by atoms with van der Waals surface area (Å²) >= 11 is 1.93. The van der Waals surface area contributed by atoms with Gasteiger partial charge in [-0.3, -0.25) is 0 Å². The number of thioether (sulfide) groups is 1. The molecule has 1 heterocycles. The highest BCUT2D eigenvalue weighted by Gasteiger charge is 2.10. The van der Waals surface area contributed by atoms with Crippen LogP contribution in [-0.2, 0) is 0 Å². The Balaban J connectivity index is 2.40. The van der Waals surface area contributed by atoms with Crippen LogP contribution in [0, 0.1) is 6.92 Å². The molecular formula is C13H17NS. The molecule has 0 fully saturated rings. The Morgan fingerprint density at radius 1 is 1.33 bits per heavy atom. The van der Waals surface area contributed by atoms with Crippen LogP contribution < -0.4 is 5.32 Å². The van der Waals surface area contributed by atoms with Crippen molar-refractivity contribution in [1.29, 1.82) is 0 Å². The number of hydrogen-bond acceptors (Lipinski definition) is 2. The smallest absolute Gasteiger partial charge is 0.0414 e. The molecule has 1 aliphatic rings. The van der Waals surface area contributed by atoms with Gasteiger partial charge in [-0.05, 0) is 48.6 Å². The van der Waals surface area contributed by atoms with Gasteiger partial charge in [-0.25, -0.2) is 0 Å². The van der Waals surface area contributed by atoms with Crippen LogP contribution in [0.1, 0.15) is 24.0 Å². The highest BCUT2D eigenvalue weighted by molar-refractivity contribution is 8.02. The van der Waals surface area contributed by atoms with E-state index in [0.717, 1.165) is 0 Å². The molecule has 0 saturated carbocycles. The first-order valence-electron chi connectivity index (χ1n) is 5.40. The van der Waals surface area contributed by atoms with Crippen molar-refractivity contribution < 1.29 is 0 Å². The number of rotatable bonds is 2.